The van der Waals surface area contributed by atoms with Crippen molar-refractivity contribution in [2.75, 3.05) is 20.2 Å². The lowest BCUT2D eigenvalue weighted by atomic mass is 10.1. The molecule has 0 amide bonds. The molecular formula is C17H28N2O. The lowest BCUT2D eigenvalue weighted by Gasteiger charge is -2.30. The zero-order valence-corrected chi connectivity index (χ0v) is 13.3. The minimum absolute atomic E-state index is 0.544. The van der Waals surface area contributed by atoms with Gasteiger partial charge in [-0.1, -0.05) is 17.7 Å². The molecule has 1 N–H and O–H groups in total. The summed E-state index contributed by atoms with van der Waals surface area (Å²) in [5.41, 5.74) is 2.59. The molecule has 0 spiro atoms. The third-order valence-electron chi connectivity index (χ3n) is 4.16. The predicted octanol–water partition coefficient (Wildman–Crippen LogP) is 2.97. The second kappa shape index (κ2) is 7.09. The second-order valence-electron chi connectivity index (χ2n) is 6.13. The fourth-order valence-electron chi connectivity index (χ4n) is 2.90. The molecule has 0 saturated carbocycles. The monoisotopic (exact) mass is 276 g/mol. The highest BCUT2D eigenvalue weighted by molar-refractivity contribution is 5.36. The van der Waals surface area contributed by atoms with Gasteiger partial charge in [-0.15, -0.1) is 0 Å². The van der Waals surface area contributed by atoms with Crippen molar-refractivity contribution in [1.29, 1.82) is 0 Å². The molecule has 1 aliphatic rings. The average Bonchev–Trinajstić information content (AvgIpc) is 2.91. The van der Waals surface area contributed by atoms with Gasteiger partial charge in [0, 0.05) is 30.7 Å². The minimum Gasteiger partial charge on any atom is -0.496 e. The van der Waals surface area contributed by atoms with E-state index in [-0.39, 0.29) is 0 Å². The number of benzene rings is 1. The number of hydrogen-bond acceptors (Lipinski definition) is 3. The SMILES string of the molecule is COc1ccc(C)cc1CN(CC1CCCN1)C(C)C. The van der Waals surface area contributed by atoms with Gasteiger partial charge in [-0.25, -0.2) is 0 Å². The molecule has 1 aromatic rings. The van der Waals surface area contributed by atoms with Crippen molar-refractivity contribution in [2.45, 2.75) is 52.2 Å². The maximum atomic E-state index is 5.51. The lowest BCUT2D eigenvalue weighted by molar-refractivity contribution is 0.192. The van der Waals surface area contributed by atoms with E-state index in [0.717, 1.165) is 18.8 Å². The van der Waals surface area contributed by atoms with Gasteiger partial charge in [0.1, 0.15) is 5.75 Å². The summed E-state index contributed by atoms with van der Waals surface area (Å²) in [6, 6.07) is 7.63. The molecule has 3 heteroatoms. The van der Waals surface area contributed by atoms with E-state index >= 15 is 0 Å². The van der Waals surface area contributed by atoms with Crippen molar-refractivity contribution in [2.24, 2.45) is 0 Å². The Morgan fingerprint density at radius 1 is 1.40 bits per heavy atom. The topological polar surface area (TPSA) is 24.5 Å². The fraction of sp³-hybridized carbons (Fsp3) is 0.647. The summed E-state index contributed by atoms with van der Waals surface area (Å²) in [5.74, 6) is 1.00. The molecule has 1 aromatic carbocycles. The van der Waals surface area contributed by atoms with Crippen LogP contribution in [0.25, 0.3) is 0 Å². The zero-order valence-electron chi connectivity index (χ0n) is 13.3. The highest BCUT2D eigenvalue weighted by Gasteiger charge is 2.20. The Bertz CT molecular complexity index is 425. The fourth-order valence-corrected chi connectivity index (χ4v) is 2.90. The third kappa shape index (κ3) is 3.97. The number of aryl methyl sites for hydroxylation is 1. The predicted molar refractivity (Wildman–Crippen MR) is 84.3 cm³/mol. The maximum Gasteiger partial charge on any atom is 0.123 e. The zero-order chi connectivity index (χ0) is 14.5. The Morgan fingerprint density at radius 3 is 2.80 bits per heavy atom. The number of methoxy groups -OCH3 is 1. The van der Waals surface area contributed by atoms with Gasteiger partial charge in [0.05, 0.1) is 7.11 Å². The normalized spacial score (nSPS) is 19.0. The van der Waals surface area contributed by atoms with Crippen LogP contribution in [0.5, 0.6) is 5.75 Å². The van der Waals surface area contributed by atoms with Gasteiger partial charge in [0.25, 0.3) is 0 Å². The van der Waals surface area contributed by atoms with Gasteiger partial charge in [0.15, 0.2) is 0 Å². The van der Waals surface area contributed by atoms with E-state index in [1.807, 2.05) is 0 Å². The van der Waals surface area contributed by atoms with Crippen LogP contribution in [0.2, 0.25) is 0 Å². The Balaban J connectivity index is 2.08. The van der Waals surface area contributed by atoms with E-state index in [4.69, 9.17) is 4.74 Å². The van der Waals surface area contributed by atoms with E-state index in [9.17, 15) is 0 Å². The molecular weight excluding hydrogens is 248 g/mol. The molecule has 0 aliphatic carbocycles. The maximum absolute atomic E-state index is 5.51. The van der Waals surface area contributed by atoms with Gasteiger partial charge >= 0.3 is 0 Å². The molecule has 1 saturated heterocycles. The van der Waals surface area contributed by atoms with Gasteiger partial charge in [-0.3, -0.25) is 4.90 Å². The van der Waals surface area contributed by atoms with E-state index < -0.39 is 0 Å². The van der Waals surface area contributed by atoms with E-state index in [1.54, 1.807) is 7.11 Å². The number of hydrogen-bond donors (Lipinski definition) is 1. The summed E-state index contributed by atoms with van der Waals surface area (Å²) >= 11 is 0. The molecule has 112 valence electrons. The second-order valence-corrected chi connectivity index (χ2v) is 6.13. The molecule has 1 fully saturated rings. The van der Waals surface area contributed by atoms with Crippen molar-refractivity contribution in [3.05, 3.63) is 29.3 Å². The molecule has 1 aliphatic heterocycles. The Labute approximate surface area is 123 Å². The number of rotatable bonds is 6. The van der Waals surface area contributed by atoms with Crippen molar-refractivity contribution in [3.63, 3.8) is 0 Å². The van der Waals surface area contributed by atoms with Gasteiger partial charge < -0.3 is 10.1 Å². The largest absolute Gasteiger partial charge is 0.496 e. The van der Waals surface area contributed by atoms with Crippen molar-refractivity contribution in [3.8, 4) is 5.75 Å². The minimum atomic E-state index is 0.544. The first-order valence-electron chi connectivity index (χ1n) is 7.71. The Kier molecular flexibility index (Phi) is 5.44. The van der Waals surface area contributed by atoms with Crippen molar-refractivity contribution >= 4 is 0 Å². The van der Waals surface area contributed by atoms with E-state index in [1.165, 1.54) is 30.5 Å². The molecule has 20 heavy (non-hydrogen) atoms. The average molecular weight is 276 g/mol. The van der Waals surface area contributed by atoms with Crippen LogP contribution >= 0.6 is 0 Å². The standard InChI is InChI=1S/C17H28N2O/c1-13(2)19(12-16-6-5-9-18-16)11-15-10-14(3)7-8-17(15)20-4/h7-8,10,13,16,18H,5-6,9,11-12H2,1-4H3. The summed E-state index contributed by atoms with van der Waals surface area (Å²) in [5, 5.41) is 3.59. The molecule has 3 nitrogen and oxygen atoms in total. The molecule has 1 unspecified atom stereocenters. The van der Waals surface area contributed by atoms with Gasteiger partial charge in [-0.05, 0) is 46.2 Å². The number of ether oxygens (including phenoxy) is 1. The molecule has 1 atom stereocenters. The Hall–Kier alpha value is -1.06. The van der Waals surface area contributed by atoms with Crippen LogP contribution in [-0.2, 0) is 6.54 Å². The van der Waals surface area contributed by atoms with Gasteiger partial charge in [-0.2, -0.15) is 0 Å². The highest BCUT2D eigenvalue weighted by Crippen LogP contribution is 2.23. The summed E-state index contributed by atoms with van der Waals surface area (Å²) in [6.07, 6.45) is 2.61. The van der Waals surface area contributed by atoms with Crippen LogP contribution in [-0.4, -0.2) is 37.2 Å². The van der Waals surface area contributed by atoms with E-state index in [2.05, 4.69) is 49.2 Å². The van der Waals surface area contributed by atoms with Crippen LogP contribution in [0.1, 0.15) is 37.8 Å². The summed E-state index contributed by atoms with van der Waals surface area (Å²) in [6.45, 7) is 9.94. The number of nitrogens with zero attached hydrogens (tertiary/aromatic N) is 1. The number of nitrogens with one attached hydrogen (secondary N) is 1. The summed E-state index contributed by atoms with van der Waals surface area (Å²) < 4.78 is 5.51. The summed E-state index contributed by atoms with van der Waals surface area (Å²) in [7, 11) is 1.76. The van der Waals surface area contributed by atoms with Crippen molar-refractivity contribution in [1.82, 2.24) is 10.2 Å². The van der Waals surface area contributed by atoms with Crippen LogP contribution in [0.4, 0.5) is 0 Å². The first kappa shape index (κ1) is 15.3. The first-order chi connectivity index (χ1) is 9.60. The Morgan fingerprint density at radius 2 is 2.20 bits per heavy atom. The highest BCUT2D eigenvalue weighted by atomic mass is 16.5. The van der Waals surface area contributed by atoms with Crippen LogP contribution in [0, 0.1) is 6.92 Å². The molecule has 2 rings (SSSR count). The third-order valence-corrected chi connectivity index (χ3v) is 4.16. The van der Waals surface area contributed by atoms with Crippen LogP contribution in [0.15, 0.2) is 18.2 Å². The first-order valence-corrected chi connectivity index (χ1v) is 7.71. The smallest absolute Gasteiger partial charge is 0.123 e. The quantitative estimate of drug-likeness (QED) is 0.864. The molecule has 0 aromatic heterocycles. The van der Waals surface area contributed by atoms with Gasteiger partial charge in [0.2, 0.25) is 0 Å². The summed E-state index contributed by atoms with van der Waals surface area (Å²) in [4.78, 5) is 2.54. The van der Waals surface area contributed by atoms with Crippen LogP contribution in [0.3, 0.4) is 0 Å². The molecule has 0 radical (unpaired) electrons. The van der Waals surface area contributed by atoms with Crippen LogP contribution < -0.4 is 10.1 Å². The molecule has 0 bridgehead atoms. The van der Waals surface area contributed by atoms with Crippen molar-refractivity contribution < 1.29 is 4.74 Å². The molecule has 1 heterocycles. The lowest BCUT2D eigenvalue weighted by Crippen LogP contribution is -2.40. The van der Waals surface area contributed by atoms with E-state index in [0.29, 0.717) is 12.1 Å².